The fourth-order valence-electron chi connectivity index (χ4n) is 3.70. The Morgan fingerprint density at radius 3 is 2.86 bits per heavy atom. The molecule has 7 nitrogen and oxygen atoms in total. The maximum absolute atomic E-state index is 12.6. The molecule has 2 heterocycles. The van der Waals surface area contributed by atoms with E-state index in [0.29, 0.717) is 18.7 Å². The molecule has 0 saturated heterocycles. The summed E-state index contributed by atoms with van der Waals surface area (Å²) in [6.45, 7) is 4.57. The maximum atomic E-state index is 12.6. The molecule has 0 aliphatic carbocycles. The van der Waals surface area contributed by atoms with E-state index in [1.54, 1.807) is 18.0 Å². The van der Waals surface area contributed by atoms with E-state index in [1.165, 1.54) is 0 Å². The molecule has 4 amide bonds. The van der Waals surface area contributed by atoms with Crippen LogP contribution in [0.15, 0.2) is 42.5 Å². The summed E-state index contributed by atoms with van der Waals surface area (Å²) < 4.78 is 6.01. The average Bonchev–Trinajstić information content (AvgIpc) is 2.62. The van der Waals surface area contributed by atoms with Crippen molar-refractivity contribution in [3.05, 3.63) is 53.6 Å². The molecule has 2 aromatic carbocycles. The third kappa shape index (κ3) is 3.60. The largest absolute Gasteiger partial charge is 0.487 e. The molecule has 0 aromatic heterocycles. The van der Waals surface area contributed by atoms with Gasteiger partial charge in [0.25, 0.3) is 0 Å². The molecular weight excluding hydrogens is 356 g/mol. The number of carbonyl (C=O) groups excluding carboxylic acids is 2. The maximum Gasteiger partial charge on any atom is 0.321 e. The standard InChI is InChI=1S/C21H24N4O3/c1-21(2)11-17(15-6-4-5-7-18(15)28-21)23-19(26)22-14-9-8-13-12-25(3)20(27)24-16(13)10-14/h4-10,17H,11-12H2,1-3H3,(H,24,27)(H2,22,23,26)/t17-/m1/s1. The summed E-state index contributed by atoms with van der Waals surface area (Å²) in [5, 5.41) is 8.74. The van der Waals surface area contributed by atoms with Crippen LogP contribution in [0.3, 0.4) is 0 Å². The van der Waals surface area contributed by atoms with E-state index in [1.807, 2.05) is 50.2 Å². The molecule has 146 valence electrons. The van der Waals surface area contributed by atoms with Crippen molar-refractivity contribution in [2.75, 3.05) is 17.7 Å². The fraction of sp³-hybridized carbons (Fsp3) is 0.333. The highest BCUT2D eigenvalue weighted by Gasteiger charge is 2.34. The van der Waals surface area contributed by atoms with Crippen LogP contribution < -0.4 is 20.7 Å². The molecule has 2 aromatic rings. The van der Waals surface area contributed by atoms with Crippen molar-refractivity contribution < 1.29 is 14.3 Å². The van der Waals surface area contributed by atoms with Gasteiger partial charge in [-0.3, -0.25) is 0 Å². The van der Waals surface area contributed by atoms with E-state index in [0.717, 1.165) is 22.6 Å². The number of benzene rings is 2. The van der Waals surface area contributed by atoms with Crippen LogP contribution in [-0.4, -0.2) is 29.6 Å². The zero-order chi connectivity index (χ0) is 19.9. The van der Waals surface area contributed by atoms with Gasteiger partial charge in [0.15, 0.2) is 0 Å². The Kier molecular flexibility index (Phi) is 4.37. The number of amides is 4. The monoisotopic (exact) mass is 380 g/mol. The molecule has 2 aliphatic rings. The van der Waals surface area contributed by atoms with Crippen LogP contribution >= 0.6 is 0 Å². The predicted molar refractivity (Wildman–Crippen MR) is 108 cm³/mol. The summed E-state index contributed by atoms with van der Waals surface area (Å²) in [4.78, 5) is 26.1. The van der Waals surface area contributed by atoms with Gasteiger partial charge in [-0.15, -0.1) is 0 Å². The van der Waals surface area contributed by atoms with Gasteiger partial charge in [0.2, 0.25) is 0 Å². The second-order valence-corrected chi connectivity index (χ2v) is 7.91. The lowest BCUT2D eigenvalue weighted by Crippen LogP contribution is -2.42. The topological polar surface area (TPSA) is 82.7 Å². The number of carbonyl (C=O) groups is 2. The Balaban J connectivity index is 1.48. The second kappa shape index (κ2) is 6.74. The van der Waals surface area contributed by atoms with Crippen LogP contribution in [0.1, 0.15) is 37.4 Å². The number of fused-ring (bicyclic) bond motifs is 2. The molecule has 0 bridgehead atoms. The van der Waals surface area contributed by atoms with Gasteiger partial charge < -0.3 is 25.6 Å². The van der Waals surface area contributed by atoms with Gasteiger partial charge in [-0.1, -0.05) is 24.3 Å². The van der Waals surface area contributed by atoms with Crippen molar-refractivity contribution in [3.63, 3.8) is 0 Å². The highest BCUT2D eigenvalue weighted by atomic mass is 16.5. The first-order chi connectivity index (χ1) is 13.3. The molecule has 28 heavy (non-hydrogen) atoms. The van der Waals surface area contributed by atoms with Crippen LogP contribution in [0.25, 0.3) is 0 Å². The number of nitrogens with zero attached hydrogens (tertiary/aromatic N) is 1. The van der Waals surface area contributed by atoms with Gasteiger partial charge in [0, 0.05) is 37.0 Å². The molecular formula is C21H24N4O3. The molecule has 1 atom stereocenters. The van der Waals surface area contributed by atoms with Gasteiger partial charge in [0.05, 0.1) is 6.04 Å². The average molecular weight is 380 g/mol. The Labute approximate surface area is 164 Å². The molecule has 0 saturated carbocycles. The molecule has 0 unspecified atom stereocenters. The summed E-state index contributed by atoms with van der Waals surface area (Å²) in [6, 6.07) is 12.7. The summed E-state index contributed by atoms with van der Waals surface area (Å²) in [5.74, 6) is 0.796. The quantitative estimate of drug-likeness (QED) is 0.734. The van der Waals surface area contributed by atoms with E-state index in [-0.39, 0.29) is 23.7 Å². The lowest BCUT2D eigenvalue weighted by Gasteiger charge is -2.37. The third-order valence-corrected chi connectivity index (χ3v) is 5.05. The van der Waals surface area contributed by atoms with Crippen molar-refractivity contribution >= 4 is 23.4 Å². The number of urea groups is 2. The molecule has 3 N–H and O–H groups in total. The lowest BCUT2D eigenvalue weighted by atomic mass is 9.90. The molecule has 4 rings (SSSR count). The number of hydrogen-bond donors (Lipinski definition) is 3. The molecule has 7 heteroatoms. The Morgan fingerprint density at radius 1 is 1.25 bits per heavy atom. The van der Waals surface area contributed by atoms with Gasteiger partial charge in [-0.25, -0.2) is 9.59 Å². The number of nitrogens with one attached hydrogen (secondary N) is 3. The highest BCUT2D eigenvalue weighted by Crippen LogP contribution is 2.39. The number of hydrogen-bond acceptors (Lipinski definition) is 3. The number of anilines is 2. The van der Waals surface area contributed by atoms with Crippen LogP contribution in [0, 0.1) is 0 Å². The van der Waals surface area contributed by atoms with Crippen LogP contribution in [-0.2, 0) is 6.54 Å². The van der Waals surface area contributed by atoms with Crippen LogP contribution in [0.2, 0.25) is 0 Å². The first kappa shape index (κ1) is 18.2. The lowest BCUT2D eigenvalue weighted by molar-refractivity contribution is 0.0683. The molecule has 0 spiro atoms. The van der Waals surface area contributed by atoms with Crippen molar-refractivity contribution in [2.45, 2.75) is 38.5 Å². The minimum absolute atomic E-state index is 0.147. The van der Waals surface area contributed by atoms with Gasteiger partial charge in [0.1, 0.15) is 11.4 Å². The second-order valence-electron chi connectivity index (χ2n) is 7.91. The molecule has 2 aliphatic heterocycles. The van der Waals surface area contributed by atoms with E-state index in [2.05, 4.69) is 16.0 Å². The van der Waals surface area contributed by atoms with E-state index in [9.17, 15) is 9.59 Å². The fourth-order valence-corrected chi connectivity index (χ4v) is 3.70. The van der Waals surface area contributed by atoms with E-state index in [4.69, 9.17) is 4.74 Å². The van der Waals surface area contributed by atoms with Crippen LogP contribution in [0.5, 0.6) is 5.75 Å². The SMILES string of the molecule is CN1Cc2ccc(NC(=O)N[C@@H]3CC(C)(C)Oc4ccccc43)cc2NC1=O. The van der Waals surface area contributed by atoms with Crippen molar-refractivity contribution in [1.29, 1.82) is 0 Å². The zero-order valence-electron chi connectivity index (χ0n) is 16.2. The molecule has 0 radical (unpaired) electrons. The summed E-state index contributed by atoms with van der Waals surface area (Å²) >= 11 is 0. The number of rotatable bonds is 2. The number of ether oxygens (including phenoxy) is 1. The predicted octanol–water partition coefficient (Wildman–Crippen LogP) is 4.09. The number of para-hydroxylation sites is 1. The van der Waals surface area contributed by atoms with Crippen molar-refractivity contribution in [1.82, 2.24) is 10.2 Å². The normalized spacial score (nSPS) is 19.6. The summed E-state index contributed by atoms with van der Waals surface area (Å²) in [7, 11) is 1.74. The van der Waals surface area contributed by atoms with E-state index < -0.39 is 0 Å². The highest BCUT2D eigenvalue weighted by molar-refractivity contribution is 5.95. The first-order valence-corrected chi connectivity index (χ1v) is 9.31. The Bertz CT molecular complexity index is 941. The van der Waals surface area contributed by atoms with E-state index >= 15 is 0 Å². The Morgan fingerprint density at radius 2 is 2.04 bits per heavy atom. The van der Waals surface area contributed by atoms with Crippen molar-refractivity contribution in [2.24, 2.45) is 0 Å². The zero-order valence-corrected chi connectivity index (χ0v) is 16.2. The van der Waals surface area contributed by atoms with Gasteiger partial charge in [-0.05, 0) is 37.6 Å². The molecule has 0 fully saturated rings. The summed E-state index contributed by atoms with van der Waals surface area (Å²) in [6.07, 6.45) is 0.671. The van der Waals surface area contributed by atoms with Crippen molar-refractivity contribution in [3.8, 4) is 5.75 Å². The summed E-state index contributed by atoms with van der Waals surface area (Å²) in [5.41, 5.74) is 2.96. The third-order valence-electron chi connectivity index (χ3n) is 5.05. The smallest absolute Gasteiger partial charge is 0.321 e. The van der Waals surface area contributed by atoms with Crippen LogP contribution in [0.4, 0.5) is 21.0 Å². The minimum atomic E-state index is -0.367. The Hall–Kier alpha value is -3.22. The van der Waals surface area contributed by atoms with Gasteiger partial charge >= 0.3 is 12.1 Å². The van der Waals surface area contributed by atoms with Gasteiger partial charge in [-0.2, -0.15) is 0 Å². The minimum Gasteiger partial charge on any atom is -0.487 e. The first-order valence-electron chi connectivity index (χ1n) is 9.31.